The van der Waals surface area contributed by atoms with E-state index in [0.717, 1.165) is 0 Å². The van der Waals surface area contributed by atoms with Crippen LogP contribution >= 0.6 is 0 Å². The minimum absolute atomic E-state index is 0.203. The molecule has 0 aliphatic heterocycles. The first-order chi connectivity index (χ1) is 9.38. The second kappa shape index (κ2) is 5.30. The molecular weight excluding hydrogens is 260 g/mol. The number of hydrogen-bond donors (Lipinski definition) is 4. The van der Waals surface area contributed by atoms with Crippen molar-refractivity contribution >= 4 is 22.6 Å². The molecule has 0 spiro atoms. The van der Waals surface area contributed by atoms with Gasteiger partial charge in [0.15, 0.2) is 0 Å². The number of carbonyl (C=O) groups is 1. The molecule has 2 unspecified atom stereocenters. The molecule has 0 radical (unpaired) electrons. The number of fused-ring (bicyclic) bond motifs is 1. The van der Waals surface area contributed by atoms with Gasteiger partial charge in [-0.15, -0.1) is 0 Å². The van der Waals surface area contributed by atoms with Crippen LogP contribution in [0.4, 0.5) is 5.69 Å². The Balaban J connectivity index is 2.33. The Hall–Kier alpha value is -2.41. The van der Waals surface area contributed by atoms with Crippen molar-refractivity contribution in [1.29, 1.82) is 0 Å². The van der Waals surface area contributed by atoms with Crippen LogP contribution in [-0.2, 0) is 4.79 Å². The monoisotopic (exact) mass is 276 g/mol. The molecule has 0 saturated carbocycles. The fourth-order valence-electron chi connectivity index (χ4n) is 1.69. The van der Waals surface area contributed by atoms with Crippen LogP contribution in [0.1, 0.15) is 13.8 Å². The standard InChI is InChI=1S/C13H16N4O3/c1-6(7(2)14)11(18)15-8-3-4-9-10(5-8)17-13(20)12(19)16-9/h3-7H,14H2,1-2H3,(H,15,18)(H,16,19)(H,17,20). The van der Waals surface area contributed by atoms with Gasteiger partial charge in [0.2, 0.25) is 5.91 Å². The molecule has 0 aliphatic carbocycles. The van der Waals surface area contributed by atoms with Crippen molar-refractivity contribution in [3.63, 3.8) is 0 Å². The summed E-state index contributed by atoms with van der Waals surface area (Å²) in [5, 5.41) is 2.72. The highest BCUT2D eigenvalue weighted by atomic mass is 16.2. The molecule has 2 aromatic rings. The Morgan fingerprint density at radius 3 is 2.35 bits per heavy atom. The van der Waals surface area contributed by atoms with Gasteiger partial charge >= 0.3 is 11.1 Å². The van der Waals surface area contributed by atoms with Crippen LogP contribution < -0.4 is 22.2 Å². The predicted molar refractivity (Wildman–Crippen MR) is 76.6 cm³/mol. The van der Waals surface area contributed by atoms with E-state index < -0.39 is 11.1 Å². The quantitative estimate of drug-likeness (QED) is 0.596. The Bertz CT molecular complexity index is 760. The average Bonchev–Trinajstić information content (AvgIpc) is 2.39. The summed E-state index contributed by atoms with van der Waals surface area (Å²) in [6.45, 7) is 3.49. The third kappa shape index (κ3) is 2.77. The molecule has 20 heavy (non-hydrogen) atoms. The number of carbonyl (C=O) groups excluding carboxylic acids is 1. The van der Waals surface area contributed by atoms with E-state index in [0.29, 0.717) is 16.7 Å². The van der Waals surface area contributed by atoms with E-state index >= 15 is 0 Å². The fourth-order valence-corrected chi connectivity index (χ4v) is 1.69. The summed E-state index contributed by atoms with van der Waals surface area (Å²) in [4.78, 5) is 39.2. The first kappa shape index (κ1) is 14.0. The highest BCUT2D eigenvalue weighted by Gasteiger charge is 2.17. The maximum absolute atomic E-state index is 11.9. The lowest BCUT2D eigenvalue weighted by Gasteiger charge is -2.15. The van der Waals surface area contributed by atoms with Gasteiger partial charge in [0, 0.05) is 11.7 Å². The Kier molecular flexibility index (Phi) is 3.71. The molecule has 0 saturated heterocycles. The number of H-pyrrole nitrogens is 2. The fraction of sp³-hybridized carbons (Fsp3) is 0.308. The minimum atomic E-state index is -0.732. The number of nitrogens with two attached hydrogens (primary N) is 1. The molecule has 1 heterocycles. The number of aromatic nitrogens is 2. The van der Waals surface area contributed by atoms with Gasteiger partial charge < -0.3 is 21.0 Å². The molecule has 106 valence electrons. The number of rotatable bonds is 3. The van der Waals surface area contributed by atoms with E-state index in [1.54, 1.807) is 32.0 Å². The lowest BCUT2D eigenvalue weighted by molar-refractivity contribution is -0.119. The van der Waals surface area contributed by atoms with Crippen LogP contribution in [-0.4, -0.2) is 21.9 Å². The Morgan fingerprint density at radius 1 is 1.15 bits per heavy atom. The largest absolute Gasteiger partial charge is 0.327 e. The summed E-state index contributed by atoms with van der Waals surface area (Å²) in [6.07, 6.45) is 0. The van der Waals surface area contributed by atoms with Gasteiger partial charge in [-0.05, 0) is 25.1 Å². The zero-order valence-corrected chi connectivity index (χ0v) is 11.2. The van der Waals surface area contributed by atoms with Crippen LogP contribution in [0, 0.1) is 5.92 Å². The zero-order chi connectivity index (χ0) is 14.9. The SMILES string of the molecule is CC(N)C(C)C(=O)Nc1ccc2[nH]c(=O)c(=O)[nH]c2c1. The molecule has 1 amide bonds. The maximum Gasteiger partial charge on any atom is 0.314 e. The Morgan fingerprint density at radius 2 is 1.75 bits per heavy atom. The van der Waals surface area contributed by atoms with Gasteiger partial charge in [-0.25, -0.2) is 0 Å². The van der Waals surface area contributed by atoms with Crippen molar-refractivity contribution in [2.45, 2.75) is 19.9 Å². The van der Waals surface area contributed by atoms with Crippen molar-refractivity contribution < 1.29 is 4.79 Å². The molecule has 7 heteroatoms. The highest BCUT2D eigenvalue weighted by molar-refractivity contribution is 5.94. The van der Waals surface area contributed by atoms with Gasteiger partial charge in [0.1, 0.15) is 0 Å². The van der Waals surface area contributed by atoms with Crippen LogP contribution in [0.15, 0.2) is 27.8 Å². The van der Waals surface area contributed by atoms with Crippen molar-refractivity contribution in [3.8, 4) is 0 Å². The molecule has 0 fully saturated rings. The third-order valence-electron chi connectivity index (χ3n) is 3.19. The summed E-state index contributed by atoms with van der Waals surface area (Å²) >= 11 is 0. The summed E-state index contributed by atoms with van der Waals surface area (Å²) in [6, 6.07) is 4.58. The number of amides is 1. The van der Waals surface area contributed by atoms with E-state index in [1.165, 1.54) is 0 Å². The van der Waals surface area contributed by atoms with Gasteiger partial charge in [-0.1, -0.05) is 6.92 Å². The first-order valence-electron chi connectivity index (χ1n) is 6.21. The topological polar surface area (TPSA) is 121 Å². The van der Waals surface area contributed by atoms with Crippen molar-refractivity contribution in [2.75, 3.05) is 5.32 Å². The molecular formula is C13H16N4O3. The number of hydrogen-bond acceptors (Lipinski definition) is 4. The van der Waals surface area contributed by atoms with Crippen molar-refractivity contribution in [2.24, 2.45) is 11.7 Å². The van der Waals surface area contributed by atoms with Gasteiger partial charge in [-0.2, -0.15) is 0 Å². The first-order valence-corrected chi connectivity index (χ1v) is 6.21. The third-order valence-corrected chi connectivity index (χ3v) is 3.19. The molecule has 0 aliphatic rings. The van der Waals surface area contributed by atoms with E-state index in [1.807, 2.05) is 0 Å². The van der Waals surface area contributed by atoms with Crippen molar-refractivity contribution in [1.82, 2.24) is 9.97 Å². The molecule has 7 nitrogen and oxygen atoms in total. The molecule has 2 rings (SSSR count). The van der Waals surface area contributed by atoms with E-state index in [-0.39, 0.29) is 17.9 Å². The molecule has 5 N–H and O–H groups in total. The minimum Gasteiger partial charge on any atom is -0.327 e. The number of aromatic amines is 2. The summed E-state index contributed by atoms with van der Waals surface area (Å²) < 4.78 is 0. The molecule has 1 aromatic carbocycles. The molecule has 2 atom stereocenters. The predicted octanol–water partition coefficient (Wildman–Crippen LogP) is 0.138. The molecule has 0 bridgehead atoms. The van der Waals surface area contributed by atoms with Crippen LogP contribution in [0.5, 0.6) is 0 Å². The lowest BCUT2D eigenvalue weighted by atomic mass is 10.0. The normalized spacial score (nSPS) is 13.9. The second-order valence-electron chi connectivity index (χ2n) is 4.81. The molecule has 1 aromatic heterocycles. The Labute approximate surface area is 114 Å². The van der Waals surface area contributed by atoms with Gasteiger partial charge in [0.25, 0.3) is 0 Å². The lowest BCUT2D eigenvalue weighted by Crippen LogP contribution is -2.34. The van der Waals surface area contributed by atoms with Gasteiger partial charge in [-0.3, -0.25) is 14.4 Å². The van der Waals surface area contributed by atoms with Crippen LogP contribution in [0.2, 0.25) is 0 Å². The number of benzene rings is 1. The van der Waals surface area contributed by atoms with Crippen molar-refractivity contribution in [3.05, 3.63) is 38.9 Å². The summed E-state index contributed by atoms with van der Waals surface area (Å²) in [7, 11) is 0. The summed E-state index contributed by atoms with van der Waals surface area (Å²) in [5.41, 5.74) is 5.69. The zero-order valence-electron chi connectivity index (χ0n) is 11.2. The number of anilines is 1. The van der Waals surface area contributed by atoms with E-state index in [9.17, 15) is 14.4 Å². The highest BCUT2D eigenvalue weighted by Crippen LogP contribution is 2.15. The smallest absolute Gasteiger partial charge is 0.314 e. The maximum atomic E-state index is 11.9. The van der Waals surface area contributed by atoms with Crippen LogP contribution in [0.3, 0.4) is 0 Å². The van der Waals surface area contributed by atoms with E-state index in [2.05, 4.69) is 15.3 Å². The van der Waals surface area contributed by atoms with Crippen LogP contribution in [0.25, 0.3) is 11.0 Å². The second-order valence-corrected chi connectivity index (χ2v) is 4.81. The summed E-state index contributed by atoms with van der Waals surface area (Å²) in [5.74, 6) is -0.536. The van der Waals surface area contributed by atoms with Gasteiger partial charge in [0.05, 0.1) is 17.0 Å². The van der Waals surface area contributed by atoms with E-state index in [4.69, 9.17) is 5.73 Å². The number of nitrogens with one attached hydrogen (secondary N) is 3. The average molecular weight is 276 g/mol.